The van der Waals surface area contributed by atoms with Gasteiger partial charge in [0.05, 0.1) is 12.6 Å². The van der Waals surface area contributed by atoms with Crippen molar-refractivity contribution in [3.63, 3.8) is 0 Å². The molecule has 0 aromatic rings. The molecule has 56 valence electrons. The lowest BCUT2D eigenvalue weighted by molar-refractivity contribution is 0.314. The van der Waals surface area contributed by atoms with Gasteiger partial charge in [0, 0.05) is 13.1 Å². The van der Waals surface area contributed by atoms with Gasteiger partial charge in [-0.05, 0) is 6.92 Å². The Labute approximate surface area is 60.7 Å². The fraction of sp³-hybridized carbons (Fsp3) is 0.857. The summed E-state index contributed by atoms with van der Waals surface area (Å²) in [5.41, 5.74) is 0. The van der Waals surface area contributed by atoms with Gasteiger partial charge in [-0.3, -0.25) is 9.89 Å². The number of aliphatic imine (C=N–C) groups is 1. The summed E-state index contributed by atoms with van der Waals surface area (Å²) in [5, 5.41) is 0. The van der Waals surface area contributed by atoms with Crippen molar-refractivity contribution in [2.24, 2.45) is 4.99 Å². The molecule has 0 aromatic heterocycles. The highest BCUT2D eigenvalue weighted by Gasteiger charge is 2.29. The lowest BCUT2D eigenvalue weighted by Crippen LogP contribution is -2.25. The molecule has 0 saturated carbocycles. The van der Waals surface area contributed by atoms with Crippen molar-refractivity contribution in [2.45, 2.75) is 13.0 Å². The van der Waals surface area contributed by atoms with Crippen molar-refractivity contribution >= 4 is 5.90 Å². The van der Waals surface area contributed by atoms with Crippen molar-refractivity contribution in [1.82, 2.24) is 4.90 Å². The van der Waals surface area contributed by atoms with Crippen molar-refractivity contribution in [1.29, 1.82) is 0 Å². The Morgan fingerprint density at radius 1 is 1.60 bits per heavy atom. The molecule has 2 heterocycles. The molecular formula is C7H12N2O. The van der Waals surface area contributed by atoms with Crippen LogP contribution in [0.1, 0.15) is 6.92 Å². The minimum Gasteiger partial charge on any atom is -0.478 e. The van der Waals surface area contributed by atoms with Crippen LogP contribution >= 0.6 is 0 Å². The van der Waals surface area contributed by atoms with Crippen LogP contribution in [0.3, 0.4) is 0 Å². The second kappa shape index (κ2) is 2.23. The molecule has 3 nitrogen and oxygen atoms in total. The first-order chi connectivity index (χ1) is 4.88. The van der Waals surface area contributed by atoms with Crippen LogP contribution in [0, 0.1) is 0 Å². The van der Waals surface area contributed by atoms with Crippen molar-refractivity contribution in [3.05, 3.63) is 0 Å². The number of hydrogen-bond acceptors (Lipinski definition) is 3. The average Bonchev–Trinajstić information content (AvgIpc) is 2.65. The predicted octanol–water partition coefficient (Wildman–Crippen LogP) is 0.119. The molecule has 0 aliphatic carbocycles. The highest BCUT2D eigenvalue weighted by molar-refractivity contribution is 5.82. The summed E-state index contributed by atoms with van der Waals surface area (Å²) < 4.78 is 5.32. The Hall–Kier alpha value is -0.570. The Balaban J connectivity index is 1.95. The fourth-order valence-electron chi connectivity index (χ4n) is 1.21. The maximum absolute atomic E-state index is 5.32. The first kappa shape index (κ1) is 6.16. The lowest BCUT2D eigenvalue weighted by atomic mass is 10.3. The van der Waals surface area contributed by atoms with Gasteiger partial charge in [-0.15, -0.1) is 0 Å². The minimum absolute atomic E-state index is 0.433. The number of ether oxygens (including phenoxy) is 1. The summed E-state index contributed by atoms with van der Waals surface area (Å²) >= 11 is 0. The standard InChI is InChI=1S/C7H12N2O/c1-6(9-3-4-9)7-8-2-5-10-7/h6H,2-5H2,1H3. The average molecular weight is 140 g/mol. The van der Waals surface area contributed by atoms with E-state index in [1.165, 1.54) is 13.1 Å². The molecule has 10 heavy (non-hydrogen) atoms. The summed E-state index contributed by atoms with van der Waals surface area (Å²) in [6, 6.07) is 0.433. The molecule has 2 rings (SSSR count). The Morgan fingerprint density at radius 3 is 2.90 bits per heavy atom. The van der Waals surface area contributed by atoms with E-state index in [0.29, 0.717) is 6.04 Å². The molecule has 1 unspecified atom stereocenters. The van der Waals surface area contributed by atoms with Crippen LogP contribution in [0.2, 0.25) is 0 Å². The molecule has 1 saturated heterocycles. The maximum Gasteiger partial charge on any atom is 0.201 e. The second-order valence-electron chi connectivity index (χ2n) is 2.78. The Bertz CT molecular complexity index is 163. The van der Waals surface area contributed by atoms with E-state index >= 15 is 0 Å². The molecule has 0 bridgehead atoms. The summed E-state index contributed by atoms with van der Waals surface area (Å²) in [7, 11) is 0. The van der Waals surface area contributed by atoms with E-state index in [9.17, 15) is 0 Å². The summed E-state index contributed by atoms with van der Waals surface area (Å²) in [5.74, 6) is 0.942. The van der Waals surface area contributed by atoms with Crippen LogP contribution < -0.4 is 0 Å². The number of hydrogen-bond donors (Lipinski definition) is 0. The van der Waals surface area contributed by atoms with Crippen molar-refractivity contribution < 1.29 is 4.74 Å². The van der Waals surface area contributed by atoms with E-state index in [2.05, 4.69) is 16.8 Å². The van der Waals surface area contributed by atoms with Crippen LogP contribution in [0.15, 0.2) is 4.99 Å². The van der Waals surface area contributed by atoms with Crippen molar-refractivity contribution in [3.8, 4) is 0 Å². The van der Waals surface area contributed by atoms with Gasteiger partial charge < -0.3 is 4.74 Å². The molecule has 2 aliphatic heterocycles. The SMILES string of the molecule is CC(C1=NCCO1)N1CC1. The molecule has 0 aromatic carbocycles. The van der Waals surface area contributed by atoms with Gasteiger partial charge in [0.15, 0.2) is 0 Å². The quantitative estimate of drug-likeness (QED) is 0.509. The normalized spacial score (nSPS) is 27.5. The van der Waals surface area contributed by atoms with Gasteiger partial charge in [0.2, 0.25) is 5.90 Å². The van der Waals surface area contributed by atoms with Gasteiger partial charge in [0.25, 0.3) is 0 Å². The molecule has 0 spiro atoms. The van der Waals surface area contributed by atoms with E-state index in [0.717, 1.165) is 19.0 Å². The first-order valence-corrected chi connectivity index (χ1v) is 3.79. The van der Waals surface area contributed by atoms with Crippen LogP contribution in [-0.2, 0) is 4.74 Å². The second-order valence-corrected chi connectivity index (χ2v) is 2.78. The van der Waals surface area contributed by atoms with Gasteiger partial charge in [-0.1, -0.05) is 0 Å². The maximum atomic E-state index is 5.32. The van der Waals surface area contributed by atoms with E-state index < -0.39 is 0 Å². The molecule has 0 radical (unpaired) electrons. The van der Waals surface area contributed by atoms with Gasteiger partial charge in [-0.2, -0.15) is 0 Å². The highest BCUT2D eigenvalue weighted by atomic mass is 16.5. The van der Waals surface area contributed by atoms with E-state index in [-0.39, 0.29) is 0 Å². The van der Waals surface area contributed by atoms with Crippen LogP contribution in [0.5, 0.6) is 0 Å². The Kier molecular flexibility index (Phi) is 1.38. The largest absolute Gasteiger partial charge is 0.478 e. The molecule has 1 atom stereocenters. The van der Waals surface area contributed by atoms with Crippen LogP contribution in [0.25, 0.3) is 0 Å². The summed E-state index contributed by atoms with van der Waals surface area (Å²) in [4.78, 5) is 6.59. The third kappa shape index (κ3) is 1.01. The molecule has 3 heteroatoms. The Morgan fingerprint density at radius 2 is 2.40 bits per heavy atom. The topological polar surface area (TPSA) is 24.6 Å². The smallest absolute Gasteiger partial charge is 0.201 e. The van der Waals surface area contributed by atoms with E-state index in [1.54, 1.807) is 0 Å². The third-order valence-corrected chi connectivity index (χ3v) is 2.00. The zero-order valence-electron chi connectivity index (χ0n) is 6.21. The summed E-state index contributed by atoms with van der Waals surface area (Å²) in [6.45, 7) is 6.21. The molecule has 1 fully saturated rings. The van der Waals surface area contributed by atoms with Gasteiger partial charge >= 0.3 is 0 Å². The summed E-state index contributed by atoms with van der Waals surface area (Å²) in [6.07, 6.45) is 0. The third-order valence-electron chi connectivity index (χ3n) is 2.00. The minimum atomic E-state index is 0.433. The van der Waals surface area contributed by atoms with Crippen LogP contribution in [-0.4, -0.2) is 43.1 Å². The zero-order chi connectivity index (χ0) is 6.97. The van der Waals surface area contributed by atoms with Crippen molar-refractivity contribution in [2.75, 3.05) is 26.2 Å². The van der Waals surface area contributed by atoms with Crippen LogP contribution in [0.4, 0.5) is 0 Å². The molecule has 0 amide bonds. The number of rotatable bonds is 2. The number of nitrogens with zero attached hydrogens (tertiary/aromatic N) is 2. The molecule has 0 N–H and O–H groups in total. The first-order valence-electron chi connectivity index (χ1n) is 3.79. The van der Waals surface area contributed by atoms with E-state index in [1.807, 2.05) is 0 Å². The fourth-order valence-corrected chi connectivity index (χ4v) is 1.21. The van der Waals surface area contributed by atoms with Gasteiger partial charge in [-0.25, -0.2) is 0 Å². The van der Waals surface area contributed by atoms with E-state index in [4.69, 9.17) is 4.74 Å². The van der Waals surface area contributed by atoms with Gasteiger partial charge in [0.1, 0.15) is 6.61 Å². The molecule has 2 aliphatic rings. The lowest BCUT2D eigenvalue weighted by Gasteiger charge is -2.10. The zero-order valence-corrected chi connectivity index (χ0v) is 6.21. The highest BCUT2D eigenvalue weighted by Crippen LogP contribution is 2.13. The monoisotopic (exact) mass is 140 g/mol. The predicted molar refractivity (Wildman–Crippen MR) is 39.3 cm³/mol. The molecular weight excluding hydrogens is 128 g/mol.